The van der Waals surface area contributed by atoms with Crippen LogP contribution >= 0.6 is 23.2 Å². The second-order valence-corrected chi connectivity index (χ2v) is 9.40. The Morgan fingerprint density at radius 2 is 1.12 bits per heavy atom. The predicted octanol–water partition coefficient (Wildman–Crippen LogP) is 6.33. The highest BCUT2D eigenvalue weighted by Gasteiger charge is 2.13. The minimum Gasteiger partial charge on any atom is -0.385 e. The molecule has 0 bridgehead atoms. The summed E-state index contributed by atoms with van der Waals surface area (Å²) in [6, 6.07) is 11.8. The van der Waals surface area contributed by atoms with Gasteiger partial charge in [0.25, 0.3) is 0 Å². The number of aryl methyl sites for hydroxylation is 4. The molecule has 2 heterocycles. The third-order valence-corrected chi connectivity index (χ3v) is 6.56. The first kappa shape index (κ1) is 25.0. The van der Waals surface area contributed by atoms with Crippen LogP contribution < -0.4 is 0 Å². The van der Waals surface area contributed by atoms with Crippen LogP contribution in [0.25, 0.3) is 22.1 Å². The van der Waals surface area contributed by atoms with Crippen LogP contribution in [0.1, 0.15) is 37.3 Å². The maximum atomic E-state index is 6.27. The zero-order valence-electron chi connectivity index (χ0n) is 19.9. The van der Waals surface area contributed by atoms with Gasteiger partial charge in [0.05, 0.1) is 22.1 Å². The monoisotopic (exact) mass is 502 g/mol. The molecule has 0 fully saturated rings. The molecular weight excluding hydrogens is 471 g/mol. The predicted molar refractivity (Wildman–Crippen MR) is 139 cm³/mol. The van der Waals surface area contributed by atoms with Crippen molar-refractivity contribution in [3.8, 4) is 0 Å². The van der Waals surface area contributed by atoms with E-state index in [4.69, 9.17) is 42.6 Å². The van der Waals surface area contributed by atoms with Crippen LogP contribution in [0.15, 0.2) is 36.4 Å². The molecule has 4 aromatic rings. The average molecular weight is 503 g/mol. The lowest BCUT2D eigenvalue weighted by Gasteiger charge is -2.10. The molecule has 0 unspecified atom stereocenters. The van der Waals surface area contributed by atoms with Crippen LogP contribution in [-0.4, -0.2) is 46.5 Å². The van der Waals surface area contributed by atoms with Gasteiger partial charge in [-0.15, -0.1) is 0 Å². The van der Waals surface area contributed by atoms with Gasteiger partial charge in [-0.3, -0.25) is 0 Å². The fraction of sp³-hybridized carbons (Fsp3) is 0.462. The standard InChI is InChI=1S/C26H32Cl2N4O2/c1-33-15-5-13-31-23-17-19(27)9-11-21(23)29-25(31)7-3-4-8-26-30-22-12-10-20(28)18-24(22)32(26)14-6-16-34-2/h9-12,17-18H,3-8,13-16H2,1-2H3. The molecule has 0 atom stereocenters. The Morgan fingerprint density at radius 3 is 1.53 bits per heavy atom. The summed E-state index contributed by atoms with van der Waals surface area (Å²) in [5, 5.41) is 1.47. The normalized spacial score (nSPS) is 11.8. The summed E-state index contributed by atoms with van der Waals surface area (Å²) >= 11 is 12.5. The SMILES string of the molecule is COCCCn1c(CCCCc2nc3ccc(Cl)cc3n2CCCOC)nc2ccc(Cl)cc21. The number of hydrogen-bond acceptors (Lipinski definition) is 4. The minimum absolute atomic E-state index is 0.725. The van der Waals surface area contributed by atoms with Gasteiger partial charge in [-0.25, -0.2) is 9.97 Å². The van der Waals surface area contributed by atoms with E-state index in [0.717, 1.165) is 109 Å². The molecule has 0 amide bonds. The van der Waals surface area contributed by atoms with E-state index in [1.807, 2.05) is 36.4 Å². The average Bonchev–Trinajstić information content (AvgIpc) is 3.34. The van der Waals surface area contributed by atoms with Crippen LogP contribution in [0.2, 0.25) is 10.0 Å². The highest BCUT2D eigenvalue weighted by molar-refractivity contribution is 6.31. The number of benzene rings is 2. The number of hydrogen-bond donors (Lipinski definition) is 0. The Bertz CT molecular complexity index is 1140. The van der Waals surface area contributed by atoms with Crippen molar-refractivity contribution >= 4 is 45.3 Å². The highest BCUT2D eigenvalue weighted by atomic mass is 35.5. The van der Waals surface area contributed by atoms with Gasteiger partial charge in [0, 0.05) is 63.4 Å². The molecule has 0 aliphatic heterocycles. The molecule has 0 saturated heterocycles. The Morgan fingerprint density at radius 1 is 0.676 bits per heavy atom. The van der Waals surface area contributed by atoms with Gasteiger partial charge >= 0.3 is 0 Å². The van der Waals surface area contributed by atoms with Crippen molar-refractivity contribution in [1.82, 2.24) is 19.1 Å². The number of imidazole rings is 2. The van der Waals surface area contributed by atoms with Gasteiger partial charge in [-0.1, -0.05) is 23.2 Å². The number of fused-ring (bicyclic) bond motifs is 2. The van der Waals surface area contributed by atoms with Crippen molar-refractivity contribution in [3.05, 3.63) is 58.1 Å². The molecule has 0 saturated carbocycles. The van der Waals surface area contributed by atoms with Gasteiger partial charge in [0.1, 0.15) is 11.6 Å². The molecule has 2 aromatic carbocycles. The smallest absolute Gasteiger partial charge is 0.109 e. The van der Waals surface area contributed by atoms with Gasteiger partial charge in [0.2, 0.25) is 0 Å². The van der Waals surface area contributed by atoms with Crippen LogP contribution in [0.3, 0.4) is 0 Å². The Labute approximate surface area is 210 Å². The number of nitrogens with zero attached hydrogens (tertiary/aromatic N) is 4. The zero-order valence-corrected chi connectivity index (χ0v) is 21.4. The maximum Gasteiger partial charge on any atom is 0.109 e. The van der Waals surface area contributed by atoms with E-state index < -0.39 is 0 Å². The van der Waals surface area contributed by atoms with E-state index in [9.17, 15) is 0 Å². The van der Waals surface area contributed by atoms with E-state index in [1.54, 1.807) is 14.2 Å². The quantitative estimate of drug-likeness (QED) is 0.200. The van der Waals surface area contributed by atoms with E-state index >= 15 is 0 Å². The summed E-state index contributed by atoms with van der Waals surface area (Å²) < 4.78 is 15.1. The number of methoxy groups -OCH3 is 2. The number of aromatic nitrogens is 4. The van der Waals surface area contributed by atoms with Gasteiger partial charge < -0.3 is 18.6 Å². The molecule has 2 aromatic heterocycles. The largest absolute Gasteiger partial charge is 0.385 e. The molecule has 0 aliphatic carbocycles. The van der Waals surface area contributed by atoms with Gasteiger partial charge in [0.15, 0.2) is 0 Å². The van der Waals surface area contributed by atoms with Crippen LogP contribution in [0, 0.1) is 0 Å². The first-order valence-corrected chi connectivity index (χ1v) is 12.6. The summed E-state index contributed by atoms with van der Waals surface area (Å²) in [7, 11) is 3.47. The Balaban J connectivity index is 1.46. The van der Waals surface area contributed by atoms with Crippen LogP contribution in [0.5, 0.6) is 0 Å². The van der Waals surface area contributed by atoms with Crippen molar-refractivity contribution in [3.63, 3.8) is 0 Å². The molecule has 0 radical (unpaired) electrons. The molecule has 0 aliphatic rings. The molecule has 4 rings (SSSR count). The fourth-order valence-electron chi connectivity index (χ4n) is 4.47. The summed E-state index contributed by atoms with van der Waals surface area (Å²) in [5.74, 6) is 2.21. The summed E-state index contributed by atoms with van der Waals surface area (Å²) in [6.45, 7) is 3.19. The first-order valence-electron chi connectivity index (χ1n) is 11.9. The van der Waals surface area contributed by atoms with Gasteiger partial charge in [-0.05, 0) is 62.1 Å². The lowest BCUT2D eigenvalue weighted by molar-refractivity contribution is 0.190. The number of rotatable bonds is 13. The molecule has 6 nitrogen and oxygen atoms in total. The fourth-order valence-corrected chi connectivity index (χ4v) is 4.81. The topological polar surface area (TPSA) is 54.1 Å². The molecular formula is C26H32Cl2N4O2. The summed E-state index contributed by atoms with van der Waals surface area (Å²) in [4.78, 5) is 9.81. The highest BCUT2D eigenvalue weighted by Crippen LogP contribution is 2.24. The van der Waals surface area contributed by atoms with Crippen molar-refractivity contribution in [2.24, 2.45) is 0 Å². The number of unbranched alkanes of at least 4 members (excludes halogenated alkanes) is 1. The molecule has 0 N–H and O–H groups in total. The van der Waals surface area contributed by atoms with Crippen LogP contribution in [-0.2, 0) is 35.4 Å². The minimum atomic E-state index is 0.725. The number of ether oxygens (including phenoxy) is 2. The Hall–Kier alpha value is -2.12. The van der Waals surface area contributed by atoms with E-state index in [1.165, 1.54) is 0 Å². The second-order valence-electron chi connectivity index (χ2n) is 8.53. The molecule has 34 heavy (non-hydrogen) atoms. The third-order valence-electron chi connectivity index (χ3n) is 6.09. The molecule has 182 valence electrons. The van der Waals surface area contributed by atoms with Crippen molar-refractivity contribution in [2.75, 3.05) is 27.4 Å². The molecule has 0 spiro atoms. The lowest BCUT2D eigenvalue weighted by Crippen LogP contribution is -2.08. The van der Waals surface area contributed by atoms with Crippen molar-refractivity contribution < 1.29 is 9.47 Å². The zero-order chi connectivity index (χ0) is 23.9. The van der Waals surface area contributed by atoms with E-state index in [-0.39, 0.29) is 0 Å². The number of halogens is 2. The third kappa shape index (κ3) is 5.92. The summed E-state index contributed by atoms with van der Waals surface area (Å²) in [5.41, 5.74) is 4.17. The first-order chi connectivity index (χ1) is 16.6. The maximum absolute atomic E-state index is 6.27. The van der Waals surface area contributed by atoms with E-state index in [0.29, 0.717) is 0 Å². The van der Waals surface area contributed by atoms with Gasteiger partial charge in [-0.2, -0.15) is 0 Å². The Kier molecular flexibility index (Phi) is 8.84. The van der Waals surface area contributed by atoms with Crippen molar-refractivity contribution in [2.45, 2.75) is 51.6 Å². The summed E-state index contributed by atoms with van der Waals surface area (Å²) in [6.07, 6.45) is 5.77. The van der Waals surface area contributed by atoms with E-state index in [2.05, 4.69) is 9.13 Å². The van der Waals surface area contributed by atoms with Crippen LogP contribution in [0.4, 0.5) is 0 Å². The second kappa shape index (κ2) is 12.0. The lowest BCUT2D eigenvalue weighted by atomic mass is 10.1. The van der Waals surface area contributed by atoms with Crippen molar-refractivity contribution in [1.29, 1.82) is 0 Å². The molecule has 8 heteroatoms.